The van der Waals surface area contributed by atoms with Crippen molar-refractivity contribution in [2.24, 2.45) is 0 Å². The van der Waals surface area contributed by atoms with Crippen molar-refractivity contribution in [2.45, 2.75) is 19.3 Å². The van der Waals surface area contributed by atoms with Crippen LogP contribution in [0.5, 0.6) is 0 Å². The molecule has 0 spiro atoms. The third-order valence-corrected chi connectivity index (χ3v) is 2.72. The maximum Gasteiger partial charge on any atom is 0.323 e. The predicted molar refractivity (Wildman–Crippen MR) is 64.7 cm³/mol. The minimum absolute atomic E-state index is 0.0880. The van der Waals surface area contributed by atoms with E-state index in [2.05, 4.69) is 0 Å². The first kappa shape index (κ1) is 14.2. The van der Waals surface area contributed by atoms with E-state index in [1.807, 2.05) is 0 Å². The van der Waals surface area contributed by atoms with E-state index in [1.165, 1.54) is 13.1 Å². The van der Waals surface area contributed by atoms with Crippen molar-refractivity contribution in [3.05, 3.63) is 35.6 Å². The molecular weight excluding hydrogens is 237 g/mol. The van der Waals surface area contributed by atoms with Gasteiger partial charge in [0.15, 0.2) is 0 Å². The number of nitrogens with zero attached hydrogens (tertiary/aromatic N) is 1. The molecular formula is C13H16FNO3. The molecule has 0 aliphatic carbocycles. The first-order valence-corrected chi connectivity index (χ1v) is 5.62. The molecule has 1 rings (SSSR count). The molecule has 0 saturated heterocycles. The molecule has 0 aliphatic heterocycles. The molecule has 1 atom stereocenters. The largest absolute Gasteiger partial charge is 0.480 e. The number of carboxylic acids is 1. The van der Waals surface area contributed by atoms with E-state index in [-0.39, 0.29) is 30.6 Å². The second-order valence-corrected chi connectivity index (χ2v) is 4.27. The van der Waals surface area contributed by atoms with Gasteiger partial charge in [-0.15, -0.1) is 0 Å². The van der Waals surface area contributed by atoms with Gasteiger partial charge in [0.1, 0.15) is 12.4 Å². The van der Waals surface area contributed by atoms with Crippen LogP contribution in [0.15, 0.2) is 24.3 Å². The number of rotatable bonds is 5. The van der Waals surface area contributed by atoms with Crippen molar-refractivity contribution in [2.75, 3.05) is 13.6 Å². The fourth-order valence-electron chi connectivity index (χ4n) is 1.69. The summed E-state index contributed by atoms with van der Waals surface area (Å²) in [7, 11) is 1.42. The van der Waals surface area contributed by atoms with Crippen LogP contribution >= 0.6 is 0 Å². The summed E-state index contributed by atoms with van der Waals surface area (Å²) in [6.45, 7) is 1.40. The van der Waals surface area contributed by atoms with Gasteiger partial charge < -0.3 is 10.0 Å². The Morgan fingerprint density at radius 2 is 2.00 bits per heavy atom. The number of carboxylic acid groups (broad SMARTS) is 1. The minimum atomic E-state index is -1.07. The van der Waals surface area contributed by atoms with Crippen LogP contribution in [0.25, 0.3) is 0 Å². The molecule has 1 aromatic carbocycles. The first-order chi connectivity index (χ1) is 8.41. The summed E-state index contributed by atoms with van der Waals surface area (Å²) in [5, 5.41) is 8.57. The Labute approximate surface area is 105 Å². The molecule has 98 valence electrons. The van der Waals surface area contributed by atoms with E-state index in [0.29, 0.717) is 5.56 Å². The van der Waals surface area contributed by atoms with E-state index in [9.17, 15) is 14.0 Å². The van der Waals surface area contributed by atoms with Crippen LogP contribution in [0.1, 0.15) is 24.8 Å². The SMILES string of the molecule is CC(CC(=O)N(C)CC(=O)O)c1ccccc1F. The minimum Gasteiger partial charge on any atom is -0.480 e. The molecule has 0 bridgehead atoms. The van der Waals surface area contributed by atoms with Crippen LogP contribution in [0, 0.1) is 5.82 Å². The van der Waals surface area contributed by atoms with Crippen molar-refractivity contribution >= 4 is 11.9 Å². The first-order valence-electron chi connectivity index (χ1n) is 5.62. The fraction of sp³-hybridized carbons (Fsp3) is 0.385. The average Bonchev–Trinajstić information content (AvgIpc) is 2.28. The standard InChI is InChI=1S/C13H16FNO3/c1-9(10-5-3-4-6-11(10)14)7-12(16)15(2)8-13(17)18/h3-6,9H,7-8H2,1-2H3,(H,17,18). The van der Waals surface area contributed by atoms with Gasteiger partial charge in [0.25, 0.3) is 0 Å². The molecule has 1 unspecified atom stereocenters. The zero-order chi connectivity index (χ0) is 13.7. The lowest BCUT2D eigenvalue weighted by atomic mass is 9.97. The van der Waals surface area contributed by atoms with Gasteiger partial charge >= 0.3 is 5.97 Å². The van der Waals surface area contributed by atoms with Gasteiger partial charge in [0.05, 0.1) is 0 Å². The number of carbonyl (C=O) groups excluding carboxylic acids is 1. The highest BCUT2D eigenvalue weighted by Gasteiger charge is 2.18. The van der Waals surface area contributed by atoms with Gasteiger partial charge in [0, 0.05) is 13.5 Å². The lowest BCUT2D eigenvalue weighted by Crippen LogP contribution is -2.32. The van der Waals surface area contributed by atoms with Crippen molar-refractivity contribution in [3.8, 4) is 0 Å². The average molecular weight is 253 g/mol. The molecule has 5 heteroatoms. The number of carbonyl (C=O) groups is 2. The van der Waals surface area contributed by atoms with Gasteiger partial charge in [-0.1, -0.05) is 25.1 Å². The molecule has 0 saturated carbocycles. The van der Waals surface area contributed by atoms with Crippen LogP contribution < -0.4 is 0 Å². The lowest BCUT2D eigenvalue weighted by Gasteiger charge is -2.18. The molecule has 18 heavy (non-hydrogen) atoms. The van der Waals surface area contributed by atoms with Crippen LogP contribution in [0.4, 0.5) is 4.39 Å². The maximum absolute atomic E-state index is 13.5. The van der Waals surface area contributed by atoms with Crippen molar-refractivity contribution in [3.63, 3.8) is 0 Å². The summed E-state index contributed by atoms with van der Waals surface area (Å²) in [5.41, 5.74) is 0.467. The van der Waals surface area contributed by atoms with E-state index in [1.54, 1.807) is 25.1 Å². The zero-order valence-electron chi connectivity index (χ0n) is 10.4. The van der Waals surface area contributed by atoms with Gasteiger partial charge in [0.2, 0.25) is 5.91 Å². The van der Waals surface area contributed by atoms with E-state index in [0.717, 1.165) is 4.90 Å². The smallest absolute Gasteiger partial charge is 0.323 e. The Bertz CT molecular complexity index is 448. The zero-order valence-corrected chi connectivity index (χ0v) is 10.4. The maximum atomic E-state index is 13.5. The molecule has 0 radical (unpaired) electrons. The summed E-state index contributed by atoms with van der Waals surface area (Å²) in [4.78, 5) is 23.3. The van der Waals surface area contributed by atoms with Crippen molar-refractivity contribution < 1.29 is 19.1 Å². The number of aliphatic carboxylic acids is 1. The number of benzene rings is 1. The Morgan fingerprint density at radius 3 is 2.56 bits per heavy atom. The third kappa shape index (κ3) is 3.84. The fourth-order valence-corrected chi connectivity index (χ4v) is 1.69. The Hall–Kier alpha value is -1.91. The Kier molecular flexibility index (Phi) is 4.83. The third-order valence-electron chi connectivity index (χ3n) is 2.72. The molecule has 4 nitrogen and oxygen atoms in total. The Balaban J connectivity index is 2.65. The quantitative estimate of drug-likeness (QED) is 0.871. The van der Waals surface area contributed by atoms with E-state index in [4.69, 9.17) is 5.11 Å². The van der Waals surface area contributed by atoms with Crippen LogP contribution in [-0.2, 0) is 9.59 Å². The number of hydrogen-bond acceptors (Lipinski definition) is 2. The highest BCUT2D eigenvalue weighted by atomic mass is 19.1. The van der Waals surface area contributed by atoms with E-state index >= 15 is 0 Å². The number of likely N-dealkylation sites (N-methyl/N-ethyl adjacent to an activating group) is 1. The summed E-state index contributed by atoms with van der Waals surface area (Å²) >= 11 is 0. The predicted octanol–water partition coefficient (Wildman–Crippen LogP) is 1.86. The topological polar surface area (TPSA) is 57.6 Å². The monoisotopic (exact) mass is 253 g/mol. The number of amides is 1. The normalized spacial score (nSPS) is 11.9. The summed E-state index contributed by atoms with van der Waals surface area (Å²) < 4.78 is 13.5. The molecule has 0 aliphatic rings. The van der Waals surface area contributed by atoms with Crippen LogP contribution in [-0.4, -0.2) is 35.5 Å². The van der Waals surface area contributed by atoms with Gasteiger partial charge in [-0.3, -0.25) is 9.59 Å². The highest BCUT2D eigenvalue weighted by molar-refractivity contribution is 5.81. The molecule has 1 aromatic rings. The van der Waals surface area contributed by atoms with Gasteiger partial charge in [-0.25, -0.2) is 4.39 Å². The number of hydrogen-bond donors (Lipinski definition) is 1. The second kappa shape index (κ2) is 6.14. The summed E-state index contributed by atoms with van der Waals surface area (Å²) in [5.74, 6) is -2.01. The Morgan fingerprint density at radius 1 is 1.39 bits per heavy atom. The molecule has 0 fully saturated rings. The second-order valence-electron chi connectivity index (χ2n) is 4.27. The molecule has 1 N–H and O–H groups in total. The van der Waals surface area contributed by atoms with Crippen molar-refractivity contribution in [1.29, 1.82) is 0 Å². The van der Waals surface area contributed by atoms with E-state index < -0.39 is 5.97 Å². The highest BCUT2D eigenvalue weighted by Crippen LogP contribution is 2.22. The molecule has 0 aromatic heterocycles. The molecule has 1 amide bonds. The lowest BCUT2D eigenvalue weighted by molar-refractivity contribution is -0.143. The van der Waals surface area contributed by atoms with Crippen LogP contribution in [0.2, 0.25) is 0 Å². The number of halogens is 1. The molecule has 0 heterocycles. The summed E-state index contributed by atoms with van der Waals surface area (Å²) in [6, 6.07) is 6.27. The summed E-state index contributed by atoms with van der Waals surface area (Å²) in [6.07, 6.45) is 0.0880. The van der Waals surface area contributed by atoms with Gasteiger partial charge in [-0.05, 0) is 17.5 Å². The van der Waals surface area contributed by atoms with Crippen LogP contribution in [0.3, 0.4) is 0 Å². The van der Waals surface area contributed by atoms with Gasteiger partial charge in [-0.2, -0.15) is 0 Å². The van der Waals surface area contributed by atoms with Crippen molar-refractivity contribution in [1.82, 2.24) is 4.90 Å².